The van der Waals surface area contributed by atoms with Gasteiger partial charge in [0, 0.05) is 10.7 Å². The number of nitrogens with zero attached hydrogens (tertiary/aromatic N) is 2. The van der Waals surface area contributed by atoms with Crippen molar-refractivity contribution in [1.29, 1.82) is 0 Å². The van der Waals surface area contributed by atoms with Gasteiger partial charge in [0.2, 0.25) is 0 Å². The van der Waals surface area contributed by atoms with Crippen LogP contribution in [0, 0.1) is 3.70 Å². The van der Waals surface area contributed by atoms with Gasteiger partial charge in [0.25, 0.3) is 0 Å². The zero-order chi connectivity index (χ0) is 7.84. The monoisotopic (exact) mass is 322 g/mol. The molecule has 0 fully saturated rings. The Morgan fingerprint density at radius 2 is 2.36 bits per heavy atom. The van der Waals surface area contributed by atoms with Crippen molar-refractivity contribution in [3.05, 3.63) is 32.7 Å². The van der Waals surface area contributed by atoms with E-state index in [1.54, 1.807) is 0 Å². The highest BCUT2D eigenvalue weighted by molar-refractivity contribution is 14.1. The maximum Gasteiger partial charge on any atom is 0.138 e. The first-order valence-electron chi connectivity index (χ1n) is 3.05. The van der Waals surface area contributed by atoms with Crippen molar-refractivity contribution in [2.24, 2.45) is 0 Å². The van der Waals surface area contributed by atoms with Crippen LogP contribution in [0.1, 0.15) is 0 Å². The summed E-state index contributed by atoms with van der Waals surface area (Å²) in [5.41, 5.74) is 0.976. The van der Waals surface area contributed by atoms with Crippen molar-refractivity contribution in [2.75, 3.05) is 0 Å². The van der Waals surface area contributed by atoms with E-state index in [0.29, 0.717) is 0 Å². The van der Waals surface area contributed by atoms with Gasteiger partial charge >= 0.3 is 0 Å². The van der Waals surface area contributed by atoms with Crippen LogP contribution >= 0.6 is 38.5 Å². The van der Waals surface area contributed by atoms with Crippen LogP contribution in [0.2, 0.25) is 0 Å². The van der Waals surface area contributed by atoms with Gasteiger partial charge in [0.1, 0.15) is 9.35 Å². The number of pyridine rings is 1. The standard InChI is InChI=1S/C7H4BrIN2/c8-5-1-2-11-6(9)4-10-7(11)3-5/h1-4H. The molecule has 2 aromatic heterocycles. The molecule has 0 N–H and O–H groups in total. The minimum Gasteiger partial charge on any atom is -0.295 e. The third kappa shape index (κ3) is 1.29. The van der Waals surface area contributed by atoms with Crippen LogP contribution in [0.3, 0.4) is 0 Å². The second kappa shape index (κ2) is 2.75. The molecule has 0 saturated heterocycles. The summed E-state index contributed by atoms with van der Waals surface area (Å²) in [5.74, 6) is 0. The van der Waals surface area contributed by atoms with Crippen LogP contribution < -0.4 is 0 Å². The topological polar surface area (TPSA) is 17.3 Å². The second-order valence-electron chi connectivity index (χ2n) is 2.15. The number of halogens is 2. The Hall–Kier alpha value is -0.100. The predicted molar refractivity (Wildman–Crippen MR) is 55.6 cm³/mol. The molecule has 0 aliphatic rings. The Morgan fingerprint density at radius 3 is 3.18 bits per heavy atom. The van der Waals surface area contributed by atoms with Crippen molar-refractivity contribution < 1.29 is 0 Å². The largest absolute Gasteiger partial charge is 0.295 e. The molecule has 0 spiro atoms. The molecule has 0 saturated carbocycles. The third-order valence-corrected chi connectivity index (χ3v) is 2.72. The average molecular weight is 323 g/mol. The van der Waals surface area contributed by atoms with Gasteiger partial charge in [0.15, 0.2) is 0 Å². The molecular weight excluding hydrogens is 319 g/mol. The van der Waals surface area contributed by atoms with Crippen molar-refractivity contribution in [1.82, 2.24) is 9.38 Å². The Balaban J connectivity index is 2.86. The van der Waals surface area contributed by atoms with Crippen molar-refractivity contribution >= 4 is 44.2 Å². The first-order chi connectivity index (χ1) is 5.27. The zero-order valence-corrected chi connectivity index (χ0v) is 9.20. The fourth-order valence-corrected chi connectivity index (χ4v) is 1.79. The van der Waals surface area contributed by atoms with Gasteiger partial charge in [-0.2, -0.15) is 0 Å². The molecule has 0 aliphatic heterocycles. The third-order valence-electron chi connectivity index (χ3n) is 1.43. The highest BCUT2D eigenvalue weighted by Gasteiger charge is 1.98. The van der Waals surface area contributed by atoms with Crippen LogP contribution in [0.25, 0.3) is 5.65 Å². The molecule has 0 bridgehead atoms. The summed E-state index contributed by atoms with van der Waals surface area (Å²) in [6.45, 7) is 0. The summed E-state index contributed by atoms with van der Waals surface area (Å²) in [5, 5.41) is 0. The Labute approximate surface area is 85.9 Å². The molecule has 0 aromatic carbocycles. The molecule has 2 heterocycles. The van der Waals surface area contributed by atoms with E-state index in [9.17, 15) is 0 Å². The van der Waals surface area contributed by atoms with E-state index in [2.05, 4.69) is 43.5 Å². The molecule has 0 atom stereocenters. The smallest absolute Gasteiger partial charge is 0.138 e. The fourth-order valence-electron chi connectivity index (χ4n) is 0.925. The van der Waals surface area contributed by atoms with Gasteiger partial charge in [-0.25, -0.2) is 4.98 Å². The molecule has 2 aromatic rings. The quantitative estimate of drug-likeness (QED) is 0.682. The molecule has 0 aliphatic carbocycles. The first kappa shape index (κ1) is 7.54. The lowest BCUT2D eigenvalue weighted by Gasteiger charge is -1.93. The van der Waals surface area contributed by atoms with Gasteiger partial charge < -0.3 is 0 Å². The van der Waals surface area contributed by atoms with Crippen molar-refractivity contribution in [2.45, 2.75) is 0 Å². The lowest BCUT2D eigenvalue weighted by atomic mass is 10.5. The molecule has 2 nitrogen and oxygen atoms in total. The maximum atomic E-state index is 4.20. The van der Waals surface area contributed by atoms with Crippen LogP contribution in [0.5, 0.6) is 0 Å². The number of fused-ring (bicyclic) bond motifs is 1. The van der Waals surface area contributed by atoms with Gasteiger partial charge in [-0.05, 0) is 34.7 Å². The highest BCUT2D eigenvalue weighted by atomic mass is 127. The zero-order valence-electron chi connectivity index (χ0n) is 5.46. The molecule has 0 unspecified atom stereocenters. The maximum absolute atomic E-state index is 4.20. The SMILES string of the molecule is Brc1ccn2c(I)cnc2c1. The number of rotatable bonds is 0. The Kier molecular flexibility index (Phi) is 1.88. The minimum absolute atomic E-state index is 0.976. The average Bonchev–Trinajstić information content (AvgIpc) is 2.32. The van der Waals surface area contributed by atoms with E-state index in [1.807, 2.05) is 28.9 Å². The fraction of sp³-hybridized carbons (Fsp3) is 0. The first-order valence-corrected chi connectivity index (χ1v) is 4.92. The molecule has 56 valence electrons. The van der Waals surface area contributed by atoms with Crippen LogP contribution in [-0.2, 0) is 0 Å². The molecule has 2 rings (SSSR count). The lowest BCUT2D eigenvalue weighted by Crippen LogP contribution is -1.84. The number of hydrogen-bond acceptors (Lipinski definition) is 1. The summed E-state index contributed by atoms with van der Waals surface area (Å²) in [6, 6.07) is 3.99. The van der Waals surface area contributed by atoms with E-state index >= 15 is 0 Å². The molecular formula is C7H4BrIN2. The summed E-state index contributed by atoms with van der Waals surface area (Å²) < 4.78 is 4.22. The second-order valence-corrected chi connectivity index (χ2v) is 4.18. The van der Waals surface area contributed by atoms with E-state index in [1.165, 1.54) is 0 Å². The summed E-state index contributed by atoms with van der Waals surface area (Å²) >= 11 is 5.64. The van der Waals surface area contributed by atoms with Gasteiger partial charge in [-0.1, -0.05) is 15.9 Å². The Bertz CT molecular complexity index is 396. The number of imidazole rings is 1. The van der Waals surface area contributed by atoms with E-state index < -0.39 is 0 Å². The molecule has 0 radical (unpaired) electrons. The molecule has 11 heavy (non-hydrogen) atoms. The Morgan fingerprint density at radius 1 is 1.55 bits per heavy atom. The summed E-state index contributed by atoms with van der Waals surface area (Å²) in [6.07, 6.45) is 3.84. The number of hydrogen-bond donors (Lipinski definition) is 0. The molecule has 0 amide bonds. The minimum atomic E-state index is 0.976. The van der Waals surface area contributed by atoms with Crippen molar-refractivity contribution in [3.63, 3.8) is 0 Å². The van der Waals surface area contributed by atoms with Crippen LogP contribution in [0.4, 0.5) is 0 Å². The van der Waals surface area contributed by atoms with E-state index in [-0.39, 0.29) is 0 Å². The number of aromatic nitrogens is 2. The molecule has 4 heteroatoms. The van der Waals surface area contributed by atoms with E-state index in [0.717, 1.165) is 13.8 Å². The van der Waals surface area contributed by atoms with Gasteiger partial charge in [0.05, 0.1) is 6.20 Å². The van der Waals surface area contributed by atoms with Crippen molar-refractivity contribution in [3.8, 4) is 0 Å². The summed E-state index contributed by atoms with van der Waals surface area (Å²) in [4.78, 5) is 4.20. The normalized spacial score (nSPS) is 10.7. The highest BCUT2D eigenvalue weighted by Crippen LogP contribution is 2.14. The van der Waals surface area contributed by atoms with Crippen LogP contribution in [0.15, 0.2) is 29.0 Å². The van der Waals surface area contributed by atoms with Crippen LogP contribution in [-0.4, -0.2) is 9.38 Å². The predicted octanol–water partition coefficient (Wildman–Crippen LogP) is 2.70. The van der Waals surface area contributed by atoms with Gasteiger partial charge in [-0.3, -0.25) is 4.40 Å². The lowest BCUT2D eigenvalue weighted by molar-refractivity contribution is 1.15. The summed E-state index contributed by atoms with van der Waals surface area (Å²) in [7, 11) is 0. The van der Waals surface area contributed by atoms with Gasteiger partial charge in [-0.15, -0.1) is 0 Å². The van der Waals surface area contributed by atoms with E-state index in [4.69, 9.17) is 0 Å².